The SMILES string of the molecule is Cc1c(F)cc(C(=O)O)cc1S(=O)(=O)N(CCC#N)c1ccc(F)cc1. The lowest BCUT2D eigenvalue weighted by atomic mass is 10.1. The number of hydrogen-bond acceptors (Lipinski definition) is 4. The van der Waals surface area contributed by atoms with E-state index in [9.17, 15) is 22.0 Å². The highest BCUT2D eigenvalue weighted by molar-refractivity contribution is 7.92. The molecule has 0 heterocycles. The van der Waals surface area contributed by atoms with Crippen LogP contribution >= 0.6 is 0 Å². The summed E-state index contributed by atoms with van der Waals surface area (Å²) in [4.78, 5) is 10.6. The highest BCUT2D eigenvalue weighted by Gasteiger charge is 2.29. The van der Waals surface area contributed by atoms with Crippen molar-refractivity contribution in [2.24, 2.45) is 0 Å². The molecule has 0 saturated heterocycles. The van der Waals surface area contributed by atoms with Gasteiger partial charge < -0.3 is 5.11 Å². The number of nitrogens with zero attached hydrogens (tertiary/aromatic N) is 2. The lowest BCUT2D eigenvalue weighted by Crippen LogP contribution is -2.32. The molecule has 136 valence electrons. The molecule has 6 nitrogen and oxygen atoms in total. The monoisotopic (exact) mass is 380 g/mol. The third-order valence-electron chi connectivity index (χ3n) is 3.65. The molecule has 0 fully saturated rings. The molecule has 0 amide bonds. The van der Waals surface area contributed by atoms with Gasteiger partial charge in [-0.05, 0) is 43.3 Å². The van der Waals surface area contributed by atoms with Crippen LogP contribution in [0, 0.1) is 29.9 Å². The first-order valence-corrected chi connectivity index (χ1v) is 8.81. The maximum Gasteiger partial charge on any atom is 0.335 e. The Morgan fingerprint density at radius 2 is 1.85 bits per heavy atom. The number of carboxylic acid groups (broad SMARTS) is 1. The Balaban J connectivity index is 2.65. The first-order valence-electron chi connectivity index (χ1n) is 7.37. The number of aromatic carboxylic acids is 1. The van der Waals surface area contributed by atoms with Crippen molar-refractivity contribution >= 4 is 21.7 Å². The Labute approximate surface area is 149 Å². The normalized spacial score (nSPS) is 11.0. The molecule has 2 aromatic rings. The number of hydrogen-bond donors (Lipinski definition) is 1. The molecule has 2 aromatic carbocycles. The van der Waals surface area contributed by atoms with Gasteiger partial charge in [0.25, 0.3) is 10.0 Å². The maximum atomic E-state index is 14.1. The van der Waals surface area contributed by atoms with Gasteiger partial charge >= 0.3 is 5.97 Å². The number of rotatable bonds is 6. The summed E-state index contributed by atoms with van der Waals surface area (Å²) in [6.45, 7) is 0.948. The molecule has 1 N–H and O–H groups in total. The highest BCUT2D eigenvalue weighted by Crippen LogP contribution is 2.28. The van der Waals surface area contributed by atoms with Crippen molar-refractivity contribution in [1.29, 1.82) is 5.26 Å². The van der Waals surface area contributed by atoms with Crippen LogP contribution in [0.4, 0.5) is 14.5 Å². The van der Waals surface area contributed by atoms with Crippen LogP contribution in [0.1, 0.15) is 22.3 Å². The van der Waals surface area contributed by atoms with E-state index in [1.807, 2.05) is 6.07 Å². The van der Waals surface area contributed by atoms with Crippen molar-refractivity contribution in [2.75, 3.05) is 10.8 Å². The second kappa shape index (κ2) is 7.49. The number of nitriles is 1. The van der Waals surface area contributed by atoms with Crippen molar-refractivity contribution in [3.05, 3.63) is 59.2 Å². The van der Waals surface area contributed by atoms with Crippen molar-refractivity contribution in [3.8, 4) is 6.07 Å². The third kappa shape index (κ3) is 3.81. The van der Waals surface area contributed by atoms with Crippen LogP contribution < -0.4 is 4.31 Å². The Bertz CT molecular complexity index is 983. The van der Waals surface area contributed by atoms with Gasteiger partial charge in [0.1, 0.15) is 11.6 Å². The molecule has 0 radical (unpaired) electrons. The van der Waals surface area contributed by atoms with Crippen molar-refractivity contribution in [3.63, 3.8) is 0 Å². The summed E-state index contributed by atoms with van der Waals surface area (Å²) < 4.78 is 54.1. The highest BCUT2D eigenvalue weighted by atomic mass is 32.2. The number of benzene rings is 2. The first-order chi connectivity index (χ1) is 12.2. The van der Waals surface area contributed by atoms with Crippen molar-refractivity contribution in [2.45, 2.75) is 18.2 Å². The standard InChI is InChI=1S/C17H14F2N2O4S/c1-11-15(19)9-12(17(22)23)10-16(11)26(24,25)21(8-2-7-20)14-5-3-13(18)4-6-14/h3-6,9-10H,2,8H2,1H3,(H,22,23). The average Bonchev–Trinajstić information content (AvgIpc) is 2.58. The van der Waals surface area contributed by atoms with Gasteiger partial charge in [-0.15, -0.1) is 0 Å². The number of halogens is 2. The summed E-state index contributed by atoms with van der Waals surface area (Å²) in [6.07, 6.45) is -0.170. The molecular weight excluding hydrogens is 366 g/mol. The smallest absolute Gasteiger partial charge is 0.335 e. The van der Waals surface area contributed by atoms with E-state index in [0.29, 0.717) is 0 Å². The van der Waals surface area contributed by atoms with Crippen LogP contribution in [-0.4, -0.2) is 26.0 Å². The van der Waals surface area contributed by atoms with E-state index in [-0.39, 0.29) is 24.2 Å². The molecule has 0 aliphatic carbocycles. The minimum Gasteiger partial charge on any atom is -0.478 e. The van der Waals surface area contributed by atoms with Crippen LogP contribution in [0.15, 0.2) is 41.3 Å². The van der Waals surface area contributed by atoms with E-state index in [1.54, 1.807) is 0 Å². The summed E-state index contributed by atoms with van der Waals surface area (Å²) in [5.41, 5.74) is -0.702. The van der Waals surface area contributed by atoms with E-state index >= 15 is 0 Å². The fourth-order valence-corrected chi connectivity index (χ4v) is 4.04. The molecule has 0 saturated carbocycles. The summed E-state index contributed by atoms with van der Waals surface area (Å²) in [7, 11) is -4.39. The van der Waals surface area contributed by atoms with Crippen LogP contribution in [0.3, 0.4) is 0 Å². The molecule has 0 aliphatic rings. The number of carboxylic acids is 1. The summed E-state index contributed by atoms with van der Waals surface area (Å²) in [5.74, 6) is -3.05. The minimum absolute atomic E-state index is 0.0715. The number of carbonyl (C=O) groups is 1. The first kappa shape index (κ1) is 19.3. The van der Waals surface area contributed by atoms with E-state index in [2.05, 4.69) is 0 Å². The molecule has 0 unspecified atom stereocenters. The zero-order valence-electron chi connectivity index (χ0n) is 13.6. The molecule has 0 spiro atoms. The van der Waals surface area contributed by atoms with Gasteiger partial charge in [0.05, 0.1) is 28.6 Å². The Morgan fingerprint density at radius 1 is 1.23 bits per heavy atom. The fourth-order valence-electron chi connectivity index (χ4n) is 2.31. The zero-order chi connectivity index (χ0) is 19.5. The van der Waals surface area contributed by atoms with Crippen molar-refractivity contribution in [1.82, 2.24) is 0 Å². The van der Waals surface area contributed by atoms with Gasteiger partial charge in [-0.3, -0.25) is 4.31 Å². The van der Waals surface area contributed by atoms with Gasteiger partial charge in [0, 0.05) is 12.1 Å². The summed E-state index contributed by atoms with van der Waals surface area (Å²) >= 11 is 0. The number of sulfonamides is 1. The molecule has 0 aliphatic heterocycles. The van der Waals surface area contributed by atoms with Crippen molar-refractivity contribution < 1.29 is 27.1 Å². The van der Waals surface area contributed by atoms with Gasteiger partial charge in [0.15, 0.2) is 0 Å². The maximum absolute atomic E-state index is 14.1. The zero-order valence-corrected chi connectivity index (χ0v) is 14.4. The Kier molecular flexibility index (Phi) is 5.57. The minimum atomic E-state index is -4.39. The van der Waals surface area contributed by atoms with E-state index in [4.69, 9.17) is 10.4 Å². The fraction of sp³-hybridized carbons (Fsp3) is 0.176. The lowest BCUT2D eigenvalue weighted by molar-refractivity contribution is 0.0696. The lowest BCUT2D eigenvalue weighted by Gasteiger charge is -2.24. The van der Waals surface area contributed by atoms with Gasteiger partial charge in [0.2, 0.25) is 0 Å². The molecule has 26 heavy (non-hydrogen) atoms. The van der Waals surface area contributed by atoms with E-state index in [1.165, 1.54) is 19.1 Å². The largest absolute Gasteiger partial charge is 0.478 e. The second-order valence-corrected chi connectivity index (χ2v) is 7.18. The van der Waals surface area contributed by atoms with E-state index < -0.39 is 38.1 Å². The summed E-state index contributed by atoms with van der Waals surface area (Å²) in [6, 6.07) is 7.91. The van der Waals surface area contributed by atoms with Gasteiger partial charge in [-0.2, -0.15) is 5.26 Å². The van der Waals surface area contributed by atoms with Crippen LogP contribution in [-0.2, 0) is 10.0 Å². The molecule has 0 atom stereocenters. The predicted molar refractivity (Wildman–Crippen MR) is 89.3 cm³/mol. The van der Waals surface area contributed by atoms with Crippen LogP contribution in [0.5, 0.6) is 0 Å². The Morgan fingerprint density at radius 3 is 2.38 bits per heavy atom. The topological polar surface area (TPSA) is 98.5 Å². The molecule has 0 aromatic heterocycles. The molecule has 2 rings (SSSR count). The average molecular weight is 380 g/mol. The van der Waals surface area contributed by atoms with E-state index in [0.717, 1.165) is 28.6 Å². The summed E-state index contributed by atoms with van der Waals surface area (Å²) in [5, 5.41) is 17.8. The predicted octanol–water partition coefficient (Wildman–Crippen LogP) is 3.08. The Hall–Kier alpha value is -2.99. The van der Waals surface area contributed by atoms with Gasteiger partial charge in [-0.25, -0.2) is 22.0 Å². The van der Waals surface area contributed by atoms with Gasteiger partial charge in [-0.1, -0.05) is 0 Å². The quantitative estimate of drug-likeness (QED) is 0.830. The third-order valence-corrected chi connectivity index (χ3v) is 5.61. The molecular formula is C17H14F2N2O4S. The molecule has 9 heteroatoms. The molecule has 0 bridgehead atoms. The van der Waals surface area contributed by atoms with Crippen LogP contribution in [0.25, 0.3) is 0 Å². The second-order valence-electron chi connectivity index (χ2n) is 5.35. The number of anilines is 1. The van der Waals surface area contributed by atoms with Crippen LogP contribution in [0.2, 0.25) is 0 Å².